The number of carboxylic acid groups (broad SMARTS) is 1. The molecule has 0 atom stereocenters. The molecule has 0 aliphatic heterocycles. The Kier molecular flexibility index (Phi) is 5.79. The second-order valence-corrected chi connectivity index (χ2v) is 4.60. The molecule has 0 aliphatic carbocycles. The van der Waals surface area contributed by atoms with Gasteiger partial charge in [-0.15, -0.1) is 0 Å². The Morgan fingerprint density at radius 2 is 1.57 bits per heavy atom. The van der Waals surface area contributed by atoms with Crippen LogP contribution >= 0.6 is 0 Å². The van der Waals surface area contributed by atoms with Gasteiger partial charge in [-0.2, -0.15) is 0 Å². The summed E-state index contributed by atoms with van der Waals surface area (Å²) in [6, 6.07) is 8.76. The third-order valence-electron chi connectivity index (χ3n) is 2.68. The molecular formula is C15H18N4O4. The summed E-state index contributed by atoms with van der Waals surface area (Å²) in [6.45, 7) is 1.40. The van der Waals surface area contributed by atoms with Crippen molar-refractivity contribution < 1.29 is 19.8 Å². The maximum absolute atomic E-state index is 10.6. The molecule has 0 saturated carbocycles. The molecule has 0 aliphatic rings. The van der Waals surface area contributed by atoms with Crippen LogP contribution in [-0.2, 0) is 4.79 Å². The van der Waals surface area contributed by atoms with Crippen LogP contribution in [0.3, 0.4) is 0 Å². The number of aromatic hydroxyl groups is 1. The Morgan fingerprint density at radius 1 is 0.957 bits per heavy atom. The number of aromatic carboxylic acids is 1. The van der Waals surface area contributed by atoms with E-state index in [0.717, 1.165) is 0 Å². The zero-order valence-corrected chi connectivity index (χ0v) is 12.4. The van der Waals surface area contributed by atoms with Gasteiger partial charge in [0.1, 0.15) is 5.75 Å². The summed E-state index contributed by atoms with van der Waals surface area (Å²) < 4.78 is 0. The average molecular weight is 318 g/mol. The number of hydrogen-bond acceptors (Lipinski definition) is 6. The molecule has 0 spiro atoms. The van der Waals surface area contributed by atoms with E-state index in [2.05, 4.69) is 5.32 Å². The number of amides is 1. The molecule has 9 N–H and O–H groups in total. The molecule has 0 heterocycles. The predicted molar refractivity (Wildman–Crippen MR) is 89.0 cm³/mol. The minimum absolute atomic E-state index is 0.0266. The van der Waals surface area contributed by atoms with Crippen molar-refractivity contribution in [3.8, 4) is 5.75 Å². The zero-order chi connectivity index (χ0) is 17.6. The number of carbonyl (C=O) groups is 2. The van der Waals surface area contributed by atoms with E-state index < -0.39 is 5.97 Å². The number of phenolic OH excluding ortho intramolecular Hbond substituents is 1. The third-order valence-corrected chi connectivity index (χ3v) is 2.68. The topological polar surface area (TPSA) is 165 Å². The van der Waals surface area contributed by atoms with Crippen molar-refractivity contribution in [1.29, 1.82) is 0 Å². The highest BCUT2D eigenvalue weighted by Crippen LogP contribution is 2.23. The lowest BCUT2D eigenvalue weighted by Gasteiger charge is -2.03. The largest absolute Gasteiger partial charge is 0.506 e. The number of nitrogens with two attached hydrogens (primary N) is 3. The minimum Gasteiger partial charge on any atom is -0.506 e. The number of phenols is 1. The molecule has 0 unspecified atom stereocenters. The summed E-state index contributed by atoms with van der Waals surface area (Å²) in [4.78, 5) is 21.0. The first-order valence-corrected chi connectivity index (χ1v) is 6.45. The second-order valence-electron chi connectivity index (χ2n) is 4.60. The maximum Gasteiger partial charge on any atom is 0.335 e. The van der Waals surface area contributed by atoms with Crippen molar-refractivity contribution in [2.24, 2.45) is 0 Å². The Bertz CT molecular complexity index is 731. The summed E-state index contributed by atoms with van der Waals surface area (Å²) in [5.41, 5.74) is 17.8. The highest BCUT2D eigenvalue weighted by atomic mass is 16.4. The molecule has 0 aromatic heterocycles. The van der Waals surface area contributed by atoms with E-state index in [4.69, 9.17) is 27.4 Å². The van der Waals surface area contributed by atoms with Gasteiger partial charge < -0.3 is 32.7 Å². The van der Waals surface area contributed by atoms with Crippen LogP contribution in [0.15, 0.2) is 36.4 Å². The molecule has 23 heavy (non-hydrogen) atoms. The molecule has 0 fully saturated rings. The summed E-state index contributed by atoms with van der Waals surface area (Å²) in [6.07, 6.45) is 0. The first kappa shape index (κ1) is 17.6. The molecule has 0 radical (unpaired) electrons. The predicted octanol–water partition coefficient (Wildman–Crippen LogP) is 1.48. The lowest BCUT2D eigenvalue weighted by Crippen LogP contribution is -2.05. The smallest absolute Gasteiger partial charge is 0.335 e. The number of anilines is 4. The Hall–Kier alpha value is -3.42. The summed E-state index contributed by atoms with van der Waals surface area (Å²) in [5, 5.41) is 20.2. The van der Waals surface area contributed by atoms with Gasteiger partial charge in [-0.1, -0.05) is 0 Å². The van der Waals surface area contributed by atoms with Gasteiger partial charge in [-0.05, 0) is 30.3 Å². The van der Waals surface area contributed by atoms with E-state index in [0.29, 0.717) is 22.7 Å². The van der Waals surface area contributed by atoms with Crippen molar-refractivity contribution in [2.45, 2.75) is 6.92 Å². The molecule has 2 aromatic carbocycles. The van der Waals surface area contributed by atoms with Gasteiger partial charge in [0, 0.05) is 18.7 Å². The van der Waals surface area contributed by atoms with Crippen LogP contribution in [0.5, 0.6) is 5.75 Å². The molecule has 122 valence electrons. The van der Waals surface area contributed by atoms with Gasteiger partial charge in [0.25, 0.3) is 0 Å². The number of carbonyl (C=O) groups excluding carboxylic acids is 1. The molecular weight excluding hydrogens is 300 g/mol. The van der Waals surface area contributed by atoms with Crippen LogP contribution in [0.2, 0.25) is 0 Å². The fraction of sp³-hybridized carbons (Fsp3) is 0.0667. The van der Waals surface area contributed by atoms with E-state index in [-0.39, 0.29) is 17.2 Å². The Balaban J connectivity index is 0.000000231. The van der Waals surface area contributed by atoms with Gasteiger partial charge >= 0.3 is 5.97 Å². The fourth-order valence-corrected chi connectivity index (χ4v) is 1.53. The minimum atomic E-state index is -1.00. The fourth-order valence-electron chi connectivity index (χ4n) is 1.53. The molecule has 0 bridgehead atoms. The van der Waals surface area contributed by atoms with Gasteiger partial charge in [0.05, 0.1) is 22.6 Å². The number of carboxylic acids is 1. The van der Waals surface area contributed by atoms with Crippen molar-refractivity contribution in [3.63, 3.8) is 0 Å². The van der Waals surface area contributed by atoms with Crippen molar-refractivity contribution in [3.05, 3.63) is 42.0 Å². The van der Waals surface area contributed by atoms with E-state index >= 15 is 0 Å². The number of nitrogens with one attached hydrogen (secondary N) is 1. The second kappa shape index (κ2) is 7.55. The Morgan fingerprint density at radius 3 is 2.04 bits per heavy atom. The average Bonchev–Trinajstić information content (AvgIpc) is 2.46. The quantitative estimate of drug-likeness (QED) is 0.360. The van der Waals surface area contributed by atoms with E-state index in [1.807, 2.05) is 0 Å². The summed E-state index contributed by atoms with van der Waals surface area (Å²) in [7, 11) is 0. The third kappa shape index (κ3) is 5.46. The molecule has 8 heteroatoms. The first-order valence-electron chi connectivity index (χ1n) is 6.45. The van der Waals surface area contributed by atoms with Crippen molar-refractivity contribution >= 4 is 34.6 Å². The van der Waals surface area contributed by atoms with Crippen molar-refractivity contribution in [2.75, 3.05) is 22.5 Å². The van der Waals surface area contributed by atoms with E-state index in [9.17, 15) is 9.59 Å². The molecule has 2 aromatic rings. The number of rotatable bonds is 2. The molecule has 8 nitrogen and oxygen atoms in total. The SMILES string of the molecule is CC(=O)Nc1ccc(N)c(O)c1.Nc1ccc(C(=O)O)cc1N. The monoisotopic (exact) mass is 318 g/mol. The molecule has 2 rings (SSSR count). The lowest BCUT2D eigenvalue weighted by atomic mass is 10.2. The van der Waals surface area contributed by atoms with Crippen LogP contribution in [0, 0.1) is 0 Å². The van der Waals surface area contributed by atoms with Crippen LogP contribution in [-0.4, -0.2) is 22.1 Å². The standard InChI is InChI=1S/C8H10N2O2.C7H8N2O2/c1-5(11)10-6-2-3-7(9)8(12)4-6;8-5-2-1-4(7(10)11)3-6(5)9/h2-4,12H,9H2,1H3,(H,10,11);1-3H,8-9H2,(H,10,11). The number of nitrogen functional groups attached to an aromatic ring is 3. The van der Waals surface area contributed by atoms with Gasteiger partial charge in [0.2, 0.25) is 5.91 Å². The zero-order valence-electron chi connectivity index (χ0n) is 12.4. The van der Waals surface area contributed by atoms with Crippen LogP contribution in [0.25, 0.3) is 0 Å². The summed E-state index contributed by atoms with van der Waals surface area (Å²) in [5.74, 6) is -1.21. The van der Waals surface area contributed by atoms with Crippen molar-refractivity contribution in [1.82, 2.24) is 0 Å². The lowest BCUT2D eigenvalue weighted by molar-refractivity contribution is -0.114. The molecule has 1 amide bonds. The Labute approximate surface area is 132 Å². The van der Waals surface area contributed by atoms with Crippen LogP contribution < -0.4 is 22.5 Å². The maximum atomic E-state index is 10.6. The van der Waals surface area contributed by atoms with Gasteiger partial charge in [0.15, 0.2) is 0 Å². The van der Waals surface area contributed by atoms with E-state index in [1.54, 1.807) is 6.07 Å². The van der Waals surface area contributed by atoms with Crippen LogP contribution in [0.4, 0.5) is 22.7 Å². The number of benzene rings is 2. The number of hydrogen-bond donors (Lipinski definition) is 6. The van der Waals surface area contributed by atoms with Gasteiger partial charge in [-0.25, -0.2) is 4.79 Å². The van der Waals surface area contributed by atoms with E-state index in [1.165, 1.54) is 37.3 Å². The van der Waals surface area contributed by atoms with Gasteiger partial charge in [-0.3, -0.25) is 4.79 Å². The first-order chi connectivity index (χ1) is 10.7. The highest BCUT2D eigenvalue weighted by Gasteiger charge is 2.03. The highest BCUT2D eigenvalue weighted by molar-refractivity contribution is 5.90. The normalized spacial score (nSPS) is 9.43. The summed E-state index contributed by atoms with van der Waals surface area (Å²) >= 11 is 0. The van der Waals surface area contributed by atoms with Crippen LogP contribution in [0.1, 0.15) is 17.3 Å². The molecule has 0 saturated heterocycles.